The number of carbonyl (C=O) groups excluding carboxylic acids is 2. The minimum atomic E-state index is -3.92. The topological polar surface area (TPSA) is 109 Å². The van der Waals surface area contributed by atoms with Crippen LogP contribution in [0.3, 0.4) is 0 Å². The Morgan fingerprint density at radius 3 is 2.63 bits per heavy atom. The molecule has 1 aliphatic rings. The zero-order chi connectivity index (χ0) is 21.9. The van der Waals surface area contributed by atoms with Crippen LogP contribution >= 0.6 is 0 Å². The average molecular weight is 434 g/mol. The Morgan fingerprint density at radius 1 is 1.23 bits per heavy atom. The molecule has 1 aromatic carbocycles. The van der Waals surface area contributed by atoms with Crippen LogP contribution in [0.25, 0.3) is 0 Å². The van der Waals surface area contributed by atoms with E-state index in [1.807, 2.05) is 0 Å². The molecule has 8 nitrogen and oxygen atoms in total. The summed E-state index contributed by atoms with van der Waals surface area (Å²) in [5.74, 6) is -0.0941. The molecule has 0 saturated heterocycles. The van der Waals surface area contributed by atoms with Crippen LogP contribution in [-0.2, 0) is 32.6 Å². The Kier molecular flexibility index (Phi) is 6.62. The number of rotatable bonds is 8. The predicted octanol–water partition coefficient (Wildman–Crippen LogP) is 2.20. The molecule has 162 valence electrons. The number of carbonyl (C=O) groups is 2. The monoisotopic (exact) mass is 433 g/mol. The van der Waals surface area contributed by atoms with Crippen LogP contribution in [0.2, 0.25) is 0 Å². The number of nitrogens with one attached hydrogen (secondary N) is 2. The summed E-state index contributed by atoms with van der Waals surface area (Å²) in [4.78, 5) is 26.4. The number of anilines is 1. The lowest BCUT2D eigenvalue weighted by Gasteiger charge is -2.22. The van der Waals surface area contributed by atoms with Gasteiger partial charge in [-0.2, -0.15) is 4.72 Å². The quantitative estimate of drug-likeness (QED) is 0.663. The summed E-state index contributed by atoms with van der Waals surface area (Å²) >= 11 is 0. The first-order chi connectivity index (χ1) is 14.2. The van der Waals surface area contributed by atoms with Crippen molar-refractivity contribution in [3.8, 4) is 0 Å². The van der Waals surface area contributed by atoms with Crippen molar-refractivity contribution >= 4 is 27.5 Å². The van der Waals surface area contributed by atoms with E-state index in [1.165, 1.54) is 12.3 Å². The van der Waals surface area contributed by atoms with Gasteiger partial charge in [0.2, 0.25) is 21.8 Å². The van der Waals surface area contributed by atoms with E-state index in [0.29, 0.717) is 25.1 Å². The molecule has 1 aliphatic heterocycles. The molecule has 0 saturated carbocycles. The normalized spacial score (nSPS) is 14.6. The predicted molar refractivity (Wildman–Crippen MR) is 112 cm³/mol. The van der Waals surface area contributed by atoms with E-state index in [1.54, 1.807) is 49.9 Å². The smallest absolute Gasteiger partial charge is 0.241 e. The van der Waals surface area contributed by atoms with Crippen molar-refractivity contribution < 1.29 is 22.4 Å². The maximum absolute atomic E-state index is 13.0. The van der Waals surface area contributed by atoms with Gasteiger partial charge < -0.3 is 14.6 Å². The summed E-state index contributed by atoms with van der Waals surface area (Å²) in [7, 11) is -3.92. The fourth-order valence-corrected chi connectivity index (χ4v) is 4.81. The van der Waals surface area contributed by atoms with E-state index in [0.717, 1.165) is 11.3 Å². The average Bonchev–Trinajstić information content (AvgIpc) is 3.38. The summed E-state index contributed by atoms with van der Waals surface area (Å²) in [5, 5.41) is 2.70. The molecule has 0 bridgehead atoms. The van der Waals surface area contributed by atoms with E-state index in [4.69, 9.17) is 4.42 Å². The number of hydrogen-bond donors (Lipinski definition) is 2. The molecule has 0 aliphatic carbocycles. The molecule has 2 N–H and O–H groups in total. The van der Waals surface area contributed by atoms with E-state index >= 15 is 0 Å². The molecule has 2 heterocycles. The summed E-state index contributed by atoms with van der Waals surface area (Å²) in [5.41, 5.74) is 1.56. The largest absolute Gasteiger partial charge is 0.467 e. The van der Waals surface area contributed by atoms with Crippen molar-refractivity contribution in [3.63, 3.8) is 0 Å². The number of benzene rings is 1. The highest BCUT2D eigenvalue weighted by Crippen LogP contribution is 2.30. The molecule has 9 heteroatoms. The number of sulfonamides is 1. The van der Waals surface area contributed by atoms with Crippen molar-refractivity contribution in [3.05, 3.63) is 47.9 Å². The molecular formula is C21H27N3O5S. The lowest BCUT2D eigenvalue weighted by atomic mass is 10.1. The van der Waals surface area contributed by atoms with Crippen LogP contribution in [0.15, 0.2) is 45.9 Å². The fourth-order valence-electron chi connectivity index (χ4n) is 3.42. The van der Waals surface area contributed by atoms with Crippen LogP contribution in [0.1, 0.15) is 38.5 Å². The molecule has 1 aromatic heterocycles. The highest BCUT2D eigenvalue weighted by atomic mass is 32.2. The molecule has 1 atom stereocenters. The molecule has 0 radical (unpaired) electrons. The summed E-state index contributed by atoms with van der Waals surface area (Å²) in [6.07, 6.45) is 2.50. The third-order valence-electron chi connectivity index (χ3n) is 5.11. The van der Waals surface area contributed by atoms with Crippen molar-refractivity contribution in [2.45, 2.75) is 51.1 Å². The molecule has 30 heavy (non-hydrogen) atoms. The number of furan rings is 1. The second kappa shape index (κ2) is 9.01. The minimum absolute atomic E-state index is 0.00980. The highest BCUT2D eigenvalue weighted by molar-refractivity contribution is 7.89. The number of nitrogens with zero attached hydrogens (tertiary/aromatic N) is 1. The molecule has 2 amide bonds. The lowest BCUT2D eigenvalue weighted by molar-refractivity contribution is -0.124. The van der Waals surface area contributed by atoms with Gasteiger partial charge in [0, 0.05) is 18.7 Å². The molecular weight excluding hydrogens is 406 g/mol. The zero-order valence-electron chi connectivity index (χ0n) is 17.3. The second-order valence-corrected chi connectivity index (χ2v) is 9.29. The van der Waals surface area contributed by atoms with Crippen molar-refractivity contribution in [1.82, 2.24) is 10.0 Å². The highest BCUT2D eigenvalue weighted by Gasteiger charge is 2.30. The Bertz CT molecular complexity index is 1020. The maximum Gasteiger partial charge on any atom is 0.241 e. The molecule has 0 fully saturated rings. The SMILES string of the molecule is CCC(=O)N1CCc2cc(S(=O)(=O)N[C@H](C(=O)NCc3ccco3)C(C)C)ccc21. The summed E-state index contributed by atoms with van der Waals surface area (Å²) in [6, 6.07) is 7.22. The van der Waals surface area contributed by atoms with E-state index in [-0.39, 0.29) is 23.3 Å². The molecule has 2 aromatic rings. The molecule has 0 unspecified atom stereocenters. The number of hydrogen-bond acceptors (Lipinski definition) is 5. The Hall–Kier alpha value is -2.65. The van der Waals surface area contributed by atoms with Crippen molar-refractivity contribution in [2.24, 2.45) is 5.92 Å². The van der Waals surface area contributed by atoms with Gasteiger partial charge >= 0.3 is 0 Å². The first-order valence-electron chi connectivity index (χ1n) is 9.98. The molecule has 0 spiro atoms. The Balaban J connectivity index is 1.75. The van der Waals surface area contributed by atoms with E-state index in [2.05, 4.69) is 10.0 Å². The number of fused-ring (bicyclic) bond motifs is 1. The Morgan fingerprint density at radius 2 is 2.00 bits per heavy atom. The third-order valence-corrected chi connectivity index (χ3v) is 6.55. The zero-order valence-corrected chi connectivity index (χ0v) is 18.2. The van der Waals surface area contributed by atoms with Gasteiger partial charge in [0.15, 0.2) is 0 Å². The van der Waals surface area contributed by atoms with Crippen LogP contribution in [0.5, 0.6) is 0 Å². The molecule has 3 rings (SSSR count). The van der Waals surface area contributed by atoms with Gasteiger partial charge in [0.25, 0.3) is 0 Å². The van der Waals surface area contributed by atoms with Crippen LogP contribution in [0.4, 0.5) is 5.69 Å². The fraction of sp³-hybridized carbons (Fsp3) is 0.429. The minimum Gasteiger partial charge on any atom is -0.467 e. The van der Waals surface area contributed by atoms with Crippen LogP contribution in [0, 0.1) is 5.92 Å². The third kappa shape index (κ3) is 4.73. The van der Waals surface area contributed by atoms with Crippen molar-refractivity contribution in [2.75, 3.05) is 11.4 Å². The summed E-state index contributed by atoms with van der Waals surface area (Å²) < 4.78 is 33.6. The first kappa shape index (κ1) is 22.0. The second-order valence-electron chi connectivity index (χ2n) is 7.58. The van der Waals surface area contributed by atoms with Gasteiger partial charge in [-0.3, -0.25) is 9.59 Å². The Labute approximate surface area is 176 Å². The maximum atomic E-state index is 13.0. The first-order valence-corrected chi connectivity index (χ1v) is 11.5. The summed E-state index contributed by atoms with van der Waals surface area (Å²) in [6.45, 7) is 6.07. The van der Waals surface area contributed by atoms with Gasteiger partial charge in [-0.15, -0.1) is 0 Å². The van der Waals surface area contributed by atoms with Crippen LogP contribution < -0.4 is 14.9 Å². The van der Waals surface area contributed by atoms with E-state index in [9.17, 15) is 18.0 Å². The van der Waals surface area contributed by atoms with Gasteiger partial charge in [-0.05, 0) is 48.2 Å². The number of amides is 2. The van der Waals surface area contributed by atoms with Gasteiger partial charge in [0.05, 0.1) is 17.7 Å². The van der Waals surface area contributed by atoms with E-state index < -0.39 is 22.0 Å². The lowest BCUT2D eigenvalue weighted by Crippen LogP contribution is -2.49. The van der Waals surface area contributed by atoms with Gasteiger partial charge in [-0.1, -0.05) is 20.8 Å². The van der Waals surface area contributed by atoms with Gasteiger partial charge in [-0.25, -0.2) is 8.42 Å². The van der Waals surface area contributed by atoms with Gasteiger partial charge in [0.1, 0.15) is 11.8 Å². The standard InChI is InChI=1S/C21H27N3O5S/c1-4-19(25)24-10-9-15-12-17(7-8-18(15)24)30(27,28)23-20(14(2)3)21(26)22-13-16-6-5-11-29-16/h5-8,11-12,14,20,23H,4,9-10,13H2,1-3H3,(H,22,26)/t20-/m0/s1. The van der Waals surface area contributed by atoms with Crippen LogP contribution in [-0.4, -0.2) is 32.8 Å². The van der Waals surface area contributed by atoms with Crippen molar-refractivity contribution in [1.29, 1.82) is 0 Å².